The van der Waals surface area contributed by atoms with Crippen molar-refractivity contribution >= 4 is 15.9 Å². The van der Waals surface area contributed by atoms with E-state index in [1.54, 1.807) is 12.1 Å². The second-order valence-electron chi connectivity index (χ2n) is 5.95. The minimum atomic E-state index is -3.68. The smallest absolute Gasteiger partial charge is 0.238 e. The van der Waals surface area contributed by atoms with Gasteiger partial charge < -0.3 is 15.3 Å². The summed E-state index contributed by atoms with van der Waals surface area (Å²) < 4.78 is 22.3. The highest BCUT2D eigenvalue weighted by molar-refractivity contribution is 7.89. The molecule has 1 amide bonds. The average molecular weight is 341 g/mol. The lowest BCUT2D eigenvalue weighted by Gasteiger charge is -2.32. The second kappa shape index (κ2) is 7.39. The van der Waals surface area contributed by atoms with Crippen molar-refractivity contribution in [2.45, 2.75) is 23.8 Å². The van der Waals surface area contributed by atoms with Crippen molar-refractivity contribution in [1.29, 1.82) is 0 Å². The molecule has 1 aromatic rings. The zero-order valence-corrected chi connectivity index (χ0v) is 13.9. The normalized spacial score (nSPS) is 22.7. The van der Waals surface area contributed by atoms with Gasteiger partial charge in [-0.1, -0.05) is 12.1 Å². The molecule has 4 N–H and O–H groups in total. The van der Waals surface area contributed by atoms with Gasteiger partial charge in [0.05, 0.1) is 16.9 Å². The predicted octanol–water partition coefficient (Wildman–Crippen LogP) is -0.695. The first-order chi connectivity index (χ1) is 10.8. The number of aliphatic hydroxyl groups excluding tert-OH is 1. The van der Waals surface area contributed by atoms with Crippen molar-refractivity contribution in [3.63, 3.8) is 0 Å². The summed E-state index contributed by atoms with van der Waals surface area (Å²) in [5.74, 6) is -0.552. The summed E-state index contributed by atoms with van der Waals surface area (Å²) in [4.78, 5) is 14.2. The Kier molecular flexibility index (Phi) is 5.74. The third-order valence-corrected chi connectivity index (χ3v) is 5.01. The molecule has 23 heavy (non-hydrogen) atoms. The number of sulfonamides is 1. The third kappa shape index (κ3) is 5.00. The highest BCUT2D eigenvalue weighted by atomic mass is 32.2. The van der Waals surface area contributed by atoms with Crippen molar-refractivity contribution in [3.8, 4) is 0 Å². The Labute approximate surface area is 136 Å². The zero-order chi connectivity index (χ0) is 17.0. The summed E-state index contributed by atoms with van der Waals surface area (Å²) in [6.45, 7) is 1.78. The molecule has 8 heteroatoms. The molecule has 0 bridgehead atoms. The number of likely N-dealkylation sites (tertiary alicyclic amines) is 1. The number of primary sulfonamides is 1. The Morgan fingerprint density at radius 3 is 2.65 bits per heavy atom. The van der Waals surface area contributed by atoms with Crippen molar-refractivity contribution in [3.05, 3.63) is 29.8 Å². The van der Waals surface area contributed by atoms with Crippen LogP contribution >= 0.6 is 0 Å². The molecule has 0 unspecified atom stereocenters. The summed E-state index contributed by atoms with van der Waals surface area (Å²) in [5.41, 5.74) is 0.902. The number of rotatable bonds is 5. The van der Waals surface area contributed by atoms with Gasteiger partial charge in [0.15, 0.2) is 0 Å². The molecule has 0 aliphatic carbocycles. The minimum absolute atomic E-state index is 0.0682. The fourth-order valence-electron chi connectivity index (χ4n) is 2.67. The van der Waals surface area contributed by atoms with Crippen LogP contribution in [-0.2, 0) is 21.2 Å². The molecule has 1 aromatic carbocycles. The van der Waals surface area contributed by atoms with Crippen molar-refractivity contribution in [2.75, 3.05) is 26.7 Å². The number of nitrogens with two attached hydrogens (primary N) is 1. The van der Waals surface area contributed by atoms with Crippen LogP contribution in [0.3, 0.4) is 0 Å². The fourth-order valence-corrected chi connectivity index (χ4v) is 3.18. The molecule has 0 aromatic heterocycles. The lowest BCUT2D eigenvalue weighted by Crippen LogP contribution is -2.49. The largest absolute Gasteiger partial charge is 0.392 e. The molecule has 1 saturated heterocycles. The quantitative estimate of drug-likeness (QED) is 0.656. The maximum Gasteiger partial charge on any atom is 0.238 e. The number of hydrogen-bond acceptors (Lipinski definition) is 5. The summed E-state index contributed by atoms with van der Waals surface area (Å²) in [5, 5.41) is 17.8. The van der Waals surface area contributed by atoms with Crippen LogP contribution in [0.25, 0.3) is 0 Å². The van der Waals surface area contributed by atoms with Gasteiger partial charge in [-0.2, -0.15) is 0 Å². The number of carbonyl (C=O) groups is 1. The van der Waals surface area contributed by atoms with Crippen molar-refractivity contribution in [2.24, 2.45) is 11.1 Å². The molecular formula is C15H23N3O4S. The summed E-state index contributed by atoms with van der Waals surface area (Å²) in [6, 6.07) is 6.25. The summed E-state index contributed by atoms with van der Waals surface area (Å²) in [6.07, 6.45) is 0.582. The highest BCUT2D eigenvalue weighted by Gasteiger charge is 2.31. The Morgan fingerprint density at radius 1 is 1.39 bits per heavy atom. The molecule has 1 heterocycles. The molecule has 7 nitrogen and oxygen atoms in total. The first-order valence-electron chi connectivity index (χ1n) is 7.53. The molecule has 1 aliphatic rings. The Balaban J connectivity index is 1.83. The first-order valence-corrected chi connectivity index (χ1v) is 9.08. The van der Waals surface area contributed by atoms with Gasteiger partial charge in [0.2, 0.25) is 15.9 Å². The topological polar surface area (TPSA) is 113 Å². The first kappa shape index (κ1) is 17.9. The monoisotopic (exact) mass is 341 g/mol. The Hall–Kier alpha value is -1.48. The Morgan fingerprint density at radius 2 is 2.04 bits per heavy atom. The van der Waals surface area contributed by atoms with Crippen LogP contribution in [0.2, 0.25) is 0 Å². The Bertz CT molecular complexity index is 645. The standard InChI is InChI=1S/C15H23N3O4S/c1-18-9-7-14(19)13(10-18)15(20)17-8-6-11-2-4-12(5-3-11)23(16,21)22/h2-5,13-14,19H,6-10H2,1H3,(H,17,20)(H2,16,21,22)/t13-,14-/m1/s1. The zero-order valence-electron chi connectivity index (χ0n) is 13.1. The van der Waals surface area contributed by atoms with E-state index in [4.69, 9.17) is 5.14 Å². The van der Waals surface area contributed by atoms with Crippen LogP contribution in [0, 0.1) is 5.92 Å². The van der Waals surface area contributed by atoms with Gasteiger partial charge in [-0.3, -0.25) is 4.79 Å². The number of nitrogens with one attached hydrogen (secondary N) is 1. The lowest BCUT2D eigenvalue weighted by atomic mass is 9.94. The molecule has 1 aliphatic heterocycles. The van der Waals surface area contributed by atoms with Gasteiger partial charge in [0.1, 0.15) is 0 Å². The van der Waals surface area contributed by atoms with E-state index in [1.807, 2.05) is 11.9 Å². The van der Waals surface area contributed by atoms with Crippen LogP contribution in [0.15, 0.2) is 29.2 Å². The number of amides is 1. The maximum atomic E-state index is 12.1. The summed E-state index contributed by atoms with van der Waals surface area (Å²) >= 11 is 0. The fraction of sp³-hybridized carbons (Fsp3) is 0.533. The van der Waals surface area contributed by atoms with Crippen LogP contribution in [0.4, 0.5) is 0 Å². The van der Waals surface area contributed by atoms with Crippen molar-refractivity contribution in [1.82, 2.24) is 10.2 Å². The van der Waals surface area contributed by atoms with Gasteiger partial charge in [0.25, 0.3) is 0 Å². The van der Waals surface area contributed by atoms with E-state index in [-0.39, 0.29) is 10.8 Å². The van der Waals surface area contributed by atoms with E-state index in [2.05, 4.69) is 5.32 Å². The minimum Gasteiger partial charge on any atom is -0.392 e. The van der Waals surface area contributed by atoms with Gasteiger partial charge in [-0.25, -0.2) is 13.6 Å². The maximum absolute atomic E-state index is 12.1. The number of carbonyl (C=O) groups excluding carboxylic acids is 1. The highest BCUT2D eigenvalue weighted by Crippen LogP contribution is 2.16. The lowest BCUT2D eigenvalue weighted by molar-refractivity contribution is -0.131. The molecule has 1 fully saturated rings. The molecule has 2 rings (SSSR count). The van der Waals surface area contributed by atoms with E-state index in [1.165, 1.54) is 12.1 Å². The number of hydrogen-bond donors (Lipinski definition) is 3. The van der Waals surface area contributed by atoms with Crippen LogP contribution < -0.4 is 10.5 Å². The molecule has 0 saturated carbocycles. The van der Waals surface area contributed by atoms with Gasteiger partial charge in [-0.05, 0) is 37.6 Å². The predicted molar refractivity (Wildman–Crippen MR) is 86.1 cm³/mol. The van der Waals surface area contributed by atoms with Gasteiger partial charge >= 0.3 is 0 Å². The van der Waals surface area contributed by atoms with E-state index in [9.17, 15) is 18.3 Å². The number of piperidine rings is 1. The van der Waals surface area contributed by atoms with Gasteiger partial charge in [0, 0.05) is 19.6 Å². The average Bonchev–Trinajstić information content (AvgIpc) is 2.49. The van der Waals surface area contributed by atoms with Crippen molar-refractivity contribution < 1.29 is 18.3 Å². The number of nitrogens with zero attached hydrogens (tertiary/aromatic N) is 1. The molecule has 0 radical (unpaired) electrons. The molecule has 2 atom stereocenters. The second-order valence-corrected chi connectivity index (χ2v) is 7.52. The summed E-state index contributed by atoms with van der Waals surface area (Å²) in [7, 11) is -1.75. The van der Waals surface area contributed by atoms with E-state index in [0.717, 1.165) is 12.1 Å². The van der Waals surface area contributed by atoms with Crippen LogP contribution in [0.5, 0.6) is 0 Å². The van der Waals surface area contributed by atoms with Crippen LogP contribution in [-0.4, -0.2) is 57.1 Å². The van der Waals surface area contributed by atoms with Gasteiger partial charge in [-0.15, -0.1) is 0 Å². The number of aliphatic hydroxyl groups is 1. The van der Waals surface area contributed by atoms with E-state index in [0.29, 0.717) is 25.9 Å². The number of benzene rings is 1. The van der Waals surface area contributed by atoms with E-state index >= 15 is 0 Å². The third-order valence-electron chi connectivity index (χ3n) is 4.08. The molecule has 0 spiro atoms. The van der Waals surface area contributed by atoms with E-state index < -0.39 is 22.0 Å². The van der Waals surface area contributed by atoms with Crippen LogP contribution in [0.1, 0.15) is 12.0 Å². The molecule has 128 valence electrons. The molecular weight excluding hydrogens is 318 g/mol. The SMILES string of the molecule is CN1CC[C@@H](O)[C@H](C(=O)NCCc2ccc(S(N)(=O)=O)cc2)C1.